The number of nitrogens with zero attached hydrogens (tertiary/aromatic N) is 1. The zero-order valence-corrected chi connectivity index (χ0v) is 15.1. The predicted octanol–water partition coefficient (Wildman–Crippen LogP) is 3.36. The van der Waals surface area contributed by atoms with Gasteiger partial charge in [-0.1, -0.05) is 12.2 Å². The Kier molecular flexibility index (Phi) is 3.59. The first-order valence-electron chi connectivity index (χ1n) is 9.62. The molecule has 1 fully saturated rings. The van der Waals surface area contributed by atoms with Gasteiger partial charge >= 0.3 is 0 Å². The Balaban J connectivity index is 1.60. The highest BCUT2D eigenvalue weighted by Gasteiger charge is 2.46. The normalized spacial score (nSPS) is 28.2. The number of carbonyl (C=O) groups excluding carboxylic acids is 1. The van der Waals surface area contributed by atoms with Crippen LogP contribution in [0.2, 0.25) is 0 Å². The van der Waals surface area contributed by atoms with Gasteiger partial charge in [-0.25, -0.2) is 5.43 Å². The second kappa shape index (κ2) is 5.86. The highest BCUT2D eigenvalue weighted by atomic mass is 16.5. The van der Waals surface area contributed by atoms with Crippen molar-refractivity contribution in [1.82, 2.24) is 5.43 Å². The molecule has 2 aliphatic carbocycles. The smallest absolute Gasteiger partial charge is 0.244 e. The summed E-state index contributed by atoms with van der Waals surface area (Å²) in [7, 11) is 1.69. The summed E-state index contributed by atoms with van der Waals surface area (Å²) in [5.74, 6) is 1.85. The van der Waals surface area contributed by atoms with Crippen molar-refractivity contribution in [3.63, 3.8) is 0 Å². The summed E-state index contributed by atoms with van der Waals surface area (Å²) in [6.07, 6.45) is 11.5. The number of ether oxygens (including phenoxy) is 2. The van der Waals surface area contributed by atoms with Gasteiger partial charge in [-0.05, 0) is 50.7 Å². The summed E-state index contributed by atoms with van der Waals surface area (Å²) in [5.41, 5.74) is 6.00. The molecule has 5 nitrogen and oxygen atoms in total. The van der Waals surface area contributed by atoms with E-state index in [0.717, 1.165) is 54.9 Å². The summed E-state index contributed by atoms with van der Waals surface area (Å²) >= 11 is 0. The van der Waals surface area contributed by atoms with E-state index in [4.69, 9.17) is 9.47 Å². The zero-order valence-electron chi connectivity index (χ0n) is 15.1. The van der Waals surface area contributed by atoms with Gasteiger partial charge in [-0.15, -0.1) is 0 Å². The van der Waals surface area contributed by atoms with Crippen molar-refractivity contribution in [1.29, 1.82) is 0 Å². The number of fused-ring (bicyclic) bond motifs is 2. The number of hydrazone groups is 1. The van der Waals surface area contributed by atoms with E-state index in [-0.39, 0.29) is 23.3 Å². The minimum Gasteiger partial charge on any atom is -0.493 e. The maximum absolute atomic E-state index is 12.2. The van der Waals surface area contributed by atoms with E-state index in [9.17, 15) is 4.79 Å². The molecule has 0 bridgehead atoms. The average Bonchev–Trinajstić information content (AvgIpc) is 3.28. The Morgan fingerprint density at radius 3 is 2.73 bits per heavy atom. The van der Waals surface area contributed by atoms with Crippen LogP contribution in [-0.2, 0) is 11.2 Å². The van der Waals surface area contributed by atoms with Crippen LogP contribution in [0.4, 0.5) is 0 Å². The van der Waals surface area contributed by atoms with Crippen LogP contribution in [0.25, 0.3) is 0 Å². The van der Waals surface area contributed by atoms with Crippen molar-refractivity contribution >= 4 is 11.6 Å². The highest BCUT2D eigenvalue weighted by Crippen LogP contribution is 2.50. The minimum atomic E-state index is -0.0734. The van der Waals surface area contributed by atoms with Gasteiger partial charge in [0, 0.05) is 23.5 Å². The van der Waals surface area contributed by atoms with Crippen molar-refractivity contribution in [3.05, 3.63) is 35.4 Å². The number of carbonyl (C=O) groups is 1. The Hall–Kier alpha value is -2.30. The fourth-order valence-electron chi connectivity index (χ4n) is 5.11. The van der Waals surface area contributed by atoms with E-state index < -0.39 is 0 Å². The molecule has 2 atom stereocenters. The molecule has 1 spiro atoms. The molecule has 0 saturated heterocycles. The lowest BCUT2D eigenvalue weighted by Gasteiger charge is -2.32. The molecule has 0 radical (unpaired) electrons. The summed E-state index contributed by atoms with van der Waals surface area (Å²) < 4.78 is 12.1. The second-order valence-corrected chi connectivity index (χ2v) is 7.92. The molecule has 1 amide bonds. The first-order chi connectivity index (χ1) is 12.7. The Morgan fingerprint density at radius 2 is 1.96 bits per heavy atom. The molecule has 5 rings (SSSR count). The van der Waals surface area contributed by atoms with E-state index in [1.165, 1.54) is 18.4 Å². The van der Waals surface area contributed by atoms with E-state index in [0.29, 0.717) is 0 Å². The molecule has 0 unspecified atom stereocenters. The van der Waals surface area contributed by atoms with Gasteiger partial charge in [0.1, 0.15) is 5.60 Å². The fourth-order valence-corrected chi connectivity index (χ4v) is 5.11. The van der Waals surface area contributed by atoms with Crippen molar-refractivity contribution in [2.75, 3.05) is 7.11 Å². The quantitative estimate of drug-likeness (QED) is 0.830. The first-order valence-corrected chi connectivity index (χ1v) is 9.62. The number of methoxy groups -OCH3 is 1. The largest absolute Gasteiger partial charge is 0.493 e. The molecule has 26 heavy (non-hydrogen) atoms. The molecule has 0 aromatic heterocycles. The standard InChI is InChI=1S/C21H24N2O3/c1-25-17-9-8-14(16-12-21(26-19(16)17)10-4-5-11-21)18-13-6-2-3-7-15(13)20(24)23-22-18/h2-3,8-9,13,15H,4-7,10-12H2,1H3,(H,23,24)/t13-,15+/m0/s1. The van der Waals surface area contributed by atoms with Crippen LogP contribution in [0, 0.1) is 11.8 Å². The van der Waals surface area contributed by atoms with Gasteiger partial charge in [0.2, 0.25) is 5.91 Å². The van der Waals surface area contributed by atoms with Crippen LogP contribution in [0.15, 0.2) is 29.4 Å². The molecule has 5 heteroatoms. The summed E-state index contributed by atoms with van der Waals surface area (Å²) in [6.45, 7) is 0. The van der Waals surface area contributed by atoms with E-state index in [2.05, 4.69) is 28.7 Å². The molecular formula is C21H24N2O3. The number of benzene rings is 1. The maximum atomic E-state index is 12.2. The average molecular weight is 352 g/mol. The Labute approximate surface area is 153 Å². The number of amides is 1. The van der Waals surface area contributed by atoms with Crippen LogP contribution in [0.1, 0.15) is 49.7 Å². The molecule has 136 valence electrons. The second-order valence-electron chi connectivity index (χ2n) is 7.92. The van der Waals surface area contributed by atoms with Crippen LogP contribution < -0.4 is 14.9 Å². The van der Waals surface area contributed by atoms with Gasteiger partial charge in [0.25, 0.3) is 0 Å². The molecule has 1 aromatic rings. The van der Waals surface area contributed by atoms with Gasteiger partial charge in [-0.2, -0.15) is 5.10 Å². The number of hydrogen-bond acceptors (Lipinski definition) is 4. The van der Waals surface area contributed by atoms with Crippen LogP contribution in [-0.4, -0.2) is 24.3 Å². The monoisotopic (exact) mass is 352 g/mol. The van der Waals surface area contributed by atoms with Crippen LogP contribution in [0.3, 0.4) is 0 Å². The summed E-state index contributed by atoms with van der Waals surface area (Å²) in [4.78, 5) is 12.2. The molecule has 2 heterocycles. The number of allylic oxidation sites excluding steroid dienone is 2. The lowest BCUT2D eigenvalue weighted by molar-refractivity contribution is -0.126. The van der Waals surface area contributed by atoms with Crippen LogP contribution in [0.5, 0.6) is 11.5 Å². The first kappa shape index (κ1) is 15.9. The SMILES string of the molecule is COc1ccc(C2=NNC(=O)[C@@H]3CC=CC[C@H]23)c2c1OC1(CCCC1)C2. The molecule has 1 saturated carbocycles. The molecule has 2 aliphatic heterocycles. The Morgan fingerprint density at radius 1 is 1.19 bits per heavy atom. The van der Waals surface area contributed by atoms with Gasteiger partial charge in [-0.3, -0.25) is 4.79 Å². The molecule has 4 aliphatic rings. The topological polar surface area (TPSA) is 59.9 Å². The molecule has 1 N–H and O–H groups in total. The van der Waals surface area contributed by atoms with E-state index in [1.807, 2.05) is 6.07 Å². The van der Waals surface area contributed by atoms with Crippen molar-refractivity contribution in [2.24, 2.45) is 16.9 Å². The molecule has 1 aromatic carbocycles. The van der Waals surface area contributed by atoms with E-state index in [1.54, 1.807) is 7.11 Å². The molecular weight excluding hydrogens is 328 g/mol. The van der Waals surface area contributed by atoms with Gasteiger partial charge < -0.3 is 9.47 Å². The third-order valence-corrected chi connectivity index (χ3v) is 6.46. The minimum absolute atomic E-state index is 0.0204. The summed E-state index contributed by atoms with van der Waals surface area (Å²) in [6, 6.07) is 4.08. The third-order valence-electron chi connectivity index (χ3n) is 6.46. The predicted molar refractivity (Wildman–Crippen MR) is 98.6 cm³/mol. The summed E-state index contributed by atoms with van der Waals surface area (Å²) in [5, 5.41) is 4.50. The lowest BCUT2D eigenvalue weighted by atomic mass is 9.75. The third kappa shape index (κ3) is 2.29. The van der Waals surface area contributed by atoms with Crippen molar-refractivity contribution in [3.8, 4) is 11.5 Å². The van der Waals surface area contributed by atoms with Gasteiger partial charge in [0.05, 0.1) is 18.7 Å². The maximum Gasteiger partial charge on any atom is 0.244 e. The zero-order chi connectivity index (χ0) is 17.7. The van der Waals surface area contributed by atoms with Gasteiger partial charge in [0.15, 0.2) is 11.5 Å². The Bertz CT molecular complexity index is 821. The highest BCUT2D eigenvalue weighted by molar-refractivity contribution is 6.08. The fraction of sp³-hybridized carbons (Fsp3) is 0.524. The number of rotatable bonds is 2. The lowest BCUT2D eigenvalue weighted by Crippen LogP contribution is -2.43. The van der Waals surface area contributed by atoms with E-state index >= 15 is 0 Å². The number of nitrogens with one attached hydrogen (secondary N) is 1. The van der Waals surface area contributed by atoms with Crippen molar-refractivity contribution < 1.29 is 14.3 Å². The van der Waals surface area contributed by atoms with Crippen LogP contribution >= 0.6 is 0 Å². The number of hydrogen-bond donors (Lipinski definition) is 1. The van der Waals surface area contributed by atoms with Crippen molar-refractivity contribution in [2.45, 2.75) is 50.5 Å².